The fraction of sp³-hybridized carbons (Fsp3) is 0.188. The number of hydrogen-bond acceptors (Lipinski definition) is 5. The van der Waals surface area contributed by atoms with E-state index in [1.165, 1.54) is 25.3 Å². The number of benzene rings is 2. The summed E-state index contributed by atoms with van der Waals surface area (Å²) in [6.07, 6.45) is -6.22. The van der Waals surface area contributed by atoms with Crippen LogP contribution in [0.4, 0.5) is 24.5 Å². The summed E-state index contributed by atoms with van der Waals surface area (Å²) in [5.41, 5.74) is -1.23. The van der Waals surface area contributed by atoms with Crippen molar-refractivity contribution in [1.82, 2.24) is 4.72 Å². The highest BCUT2D eigenvalue weighted by Crippen LogP contribution is 2.35. The highest BCUT2D eigenvalue weighted by molar-refractivity contribution is 7.89. The van der Waals surface area contributed by atoms with Gasteiger partial charge in [0, 0.05) is 5.02 Å². The summed E-state index contributed by atoms with van der Waals surface area (Å²) in [5.74, 6) is -0.608. The number of anilines is 2. The standard InChI is InChI=1S/C16H13ClF3N3O4S/c1-27-12-4-3-9(17)7-10(12)22-15(24)14-21-11-6-8(16(18,19)20)2-5-13(11)28(25,26)23-14/h2-7,14,21,23H,1H3,(H,22,24). The van der Waals surface area contributed by atoms with E-state index in [4.69, 9.17) is 16.3 Å². The van der Waals surface area contributed by atoms with Gasteiger partial charge in [-0.2, -0.15) is 17.9 Å². The zero-order valence-electron chi connectivity index (χ0n) is 14.1. The van der Waals surface area contributed by atoms with Crippen LogP contribution in [0.1, 0.15) is 5.56 Å². The van der Waals surface area contributed by atoms with E-state index in [-0.39, 0.29) is 22.1 Å². The summed E-state index contributed by atoms with van der Waals surface area (Å²) in [5, 5.41) is 5.17. The van der Waals surface area contributed by atoms with Crippen molar-refractivity contribution in [2.45, 2.75) is 17.2 Å². The third-order valence-corrected chi connectivity index (χ3v) is 5.57. The number of halogens is 4. The predicted molar refractivity (Wildman–Crippen MR) is 95.8 cm³/mol. The van der Waals surface area contributed by atoms with Crippen LogP contribution in [-0.2, 0) is 21.0 Å². The topological polar surface area (TPSA) is 96.5 Å². The lowest BCUT2D eigenvalue weighted by Crippen LogP contribution is -2.51. The molecule has 2 aromatic rings. The van der Waals surface area contributed by atoms with Gasteiger partial charge in [0.1, 0.15) is 10.6 Å². The van der Waals surface area contributed by atoms with Gasteiger partial charge in [0.05, 0.1) is 24.0 Å². The van der Waals surface area contributed by atoms with Gasteiger partial charge in [-0.3, -0.25) is 4.79 Å². The first kappa shape index (κ1) is 20.2. The summed E-state index contributed by atoms with van der Waals surface area (Å²) in [6.45, 7) is 0. The van der Waals surface area contributed by atoms with Gasteiger partial charge in [-0.15, -0.1) is 0 Å². The first-order chi connectivity index (χ1) is 13.0. The Morgan fingerprint density at radius 1 is 1.21 bits per heavy atom. The van der Waals surface area contributed by atoms with Crippen molar-refractivity contribution in [3.8, 4) is 5.75 Å². The maximum atomic E-state index is 12.9. The van der Waals surface area contributed by atoms with Crippen molar-refractivity contribution in [2.75, 3.05) is 17.7 Å². The van der Waals surface area contributed by atoms with E-state index in [9.17, 15) is 26.4 Å². The van der Waals surface area contributed by atoms with Crippen LogP contribution in [0.2, 0.25) is 5.02 Å². The molecule has 1 aliphatic heterocycles. The number of amides is 1. The molecule has 150 valence electrons. The van der Waals surface area contributed by atoms with Crippen molar-refractivity contribution >= 4 is 38.9 Å². The number of carbonyl (C=O) groups excluding carboxylic acids is 1. The molecule has 1 amide bonds. The Hall–Kier alpha value is -2.50. The van der Waals surface area contributed by atoms with Gasteiger partial charge in [-0.05, 0) is 36.4 Å². The van der Waals surface area contributed by atoms with E-state index >= 15 is 0 Å². The smallest absolute Gasteiger partial charge is 0.416 e. The molecule has 0 radical (unpaired) electrons. The van der Waals surface area contributed by atoms with E-state index in [0.29, 0.717) is 12.1 Å². The Kier molecular flexibility index (Phi) is 5.17. The zero-order chi connectivity index (χ0) is 20.7. The molecule has 0 spiro atoms. The van der Waals surface area contributed by atoms with Gasteiger partial charge in [-0.25, -0.2) is 8.42 Å². The number of methoxy groups -OCH3 is 1. The third-order valence-electron chi connectivity index (χ3n) is 3.85. The van der Waals surface area contributed by atoms with E-state index in [1.54, 1.807) is 0 Å². The molecule has 1 unspecified atom stereocenters. The summed E-state index contributed by atoms with van der Waals surface area (Å²) >= 11 is 5.87. The largest absolute Gasteiger partial charge is 0.495 e. The number of fused-ring (bicyclic) bond motifs is 1. The second kappa shape index (κ2) is 7.15. The van der Waals surface area contributed by atoms with Gasteiger partial charge in [0.25, 0.3) is 5.91 Å². The Morgan fingerprint density at radius 2 is 1.93 bits per heavy atom. The number of hydrogen-bond donors (Lipinski definition) is 3. The minimum absolute atomic E-state index is 0.163. The third kappa shape index (κ3) is 4.01. The lowest BCUT2D eigenvalue weighted by atomic mass is 10.2. The average molecular weight is 436 g/mol. The summed E-state index contributed by atoms with van der Waals surface area (Å²) < 4.78 is 70.5. The van der Waals surface area contributed by atoms with Crippen molar-refractivity contribution < 1.29 is 31.1 Å². The molecule has 1 aliphatic rings. The molecule has 7 nitrogen and oxygen atoms in total. The van der Waals surface area contributed by atoms with Crippen LogP contribution in [0.5, 0.6) is 5.75 Å². The van der Waals surface area contributed by atoms with Crippen molar-refractivity contribution in [2.24, 2.45) is 0 Å². The lowest BCUT2D eigenvalue weighted by Gasteiger charge is -2.28. The molecule has 0 saturated carbocycles. The molecule has 1 atom stereocenters. The van der Waals surface area contributed by atoms with Gasteiger partial charge in [0.2, 0.25) is 10.0 Å². The molecule has 0 bridgehead atoms. The number of alkyl halides is 3. The molecule has 12 heteroatoms. The second-order valence-corrected chi connectivity index (χ2v) is 7.86. The minimum atomic E-state index is -4.67. The highest BCUT2D eigenvalue weighted by atomic mass is 35.5. The van der Waals surface area contributed by atoms with Gasteiger partial charge < -0.3 is 15.4 Å². The fourth-order valence-corrected chi connectivity index (χ4v) is 3.99. The van der Waals surface area contributed by atoms with Gasteiger partial charge >= 0.3 is 6.18 Å². The normalized spacial score (nSPS) is 18.0. The van der Waals surface area contributed by atoms with Crippen LogP contribution in [0.3, 0.4) is 0 Å². The summed E-state index contributed by atoms with van der Waals surface area (Å²) in [4.78, 5) is 12.1. The Labute approximate surface area is 162 Å². The van der Waals surface area contributed by atoms with Crippen LogP contribution in [-0.4, -0.2) is 27.6 Å². The van der Waals surface area contributed by atoms with Crippen molar-refractivity contribution in [3.05, 3.63) is 47.0 Å². The van der Waals surface area contributed by atoms with E-state index in [0.717, 1.165) is 6.07 Å². The van der Waals surface area contributed by atoms with Crippen LogP contribution in [0, 0.1) is 0 Å². The monoisotopic (exact) mass is 435 g/mol. The van der Waals surface area contributed by atoms with E-state index in [1.807, 2.05) is 0 Å². The molecule has 3 rings (SSSR count). The molecule has 0 aliphatic carbocycles. The van der Waals surface area contributed by atoms with Gasteiger partial charge in [-0.1, -0.05) is 11.6 Å². The number of rotatable bonds is 3. The van der Waals surface area contributed by atoms with Crippen LogP contribution in [0.15, 0.2) is 41.3 Å². The number of ether oxygens (including phenoxy) is 1. The average Bonchev–Trinajstić information content (AvgIpc) is 2.60. The lowest BCUT2D eigenvalue weighted by molar-refractivity contribution is -0.137. The quantitative estimate of drug-likeness (QED) is 0.688. The maximum absolute atomic E-state index is 12.9. The van der Waals surface area contributed by atoms with E-state index in [2.05, 4.69) is 15.4 Å². The van der Waals surface area contributed by atoms with Gasteiger partial charge in [0.15, 0.2) is 6.17 Å². The molecule has 0 aromatic heterocycles. The van der Waals surface area contributed by atoms with Crippen LogP contribution >= 0.6 is 11.6 Å². The van der Waals surface area contributed by atoms with Crippen LogP contribution < -0.4 is 20.1 Å². The molecule has 0 saturated heterocycles. The number of carbonyl (C=O) groups is 1. The van der Waals surface area contributed by atoms with Crippen molar-refractivity contribution in [3.63, 3.8) is 0 Å². The summed E-state index contributed by atoms with van der Waals surface area (Å²) in [6, 6.07) is 6.49. The Balaban J connectivity index is 1.91. The number of sulfonamides is 1. The van der Waals surface area contributed by atoms with Crippen molar-refractivity contribution in [1.29, 1.82) is 0 Å². The first-order valence-electron chi connectivity index (χ1n) is 7.66. The summed E-state index contributed by atoms with van der Waals surface area (Å²) in [7, 11) is -2.86. The minimum Gasteiger partial charge on any atom is -0.495 e. The highest BCUT2D eigenvalue weighted by Gasteiger charge is 2.37. The van der Waals surface area contributed by atoms with Crippen LogP contribution in [0.25, 0.3) is 0 Å². The molecule has 0 fully saturated rings. The Morgan fingerprint density at radius 3 is 2.57 bits per heavy atom. The molecule has 1 heterocycles. The fourth-order valence-electron chi connectivity index (χ4n) is 2.56. The molecule has 2 aromatic carbocycles. The Bertz CT molecular complexity index is 1040. The van der Waals surface area contributed by atoms with E-state index < -0.39 is 38.7 Å². The molecule has 3 N–H and O–H groups in total. The number of nitrogens with one attached hydrogen (secondary N) is 3. The molecular weight excluding hydrogens is 423 g/mol. The first-order valence-corrected chi connectivity index (χ1v) is 9.52. The maximum Gasteiger partial charge on any atom is 0.416 e. The second-order valence-electron chi connectivity index (χ2n) is 5.74. The SMILES string of the molecule is COc1ccc(Cl)cc1NC(=O)C1Nc2cc(C(F)(F)F)ccc2S(=O)(=O)N1. The predicted octanol–water partition coefficient (Wildman–Crippen LogP) is 3.04. The zero-order valence-corrected chi connectivity index (χ0v) is 15.7. The molecule has 28 heavy (non-hydrogen) atoms. The molecular formula is C16H13ClF3N3O4S.